The Balaban J connectivity index is 0.000000785. The van der Waals surface area contributed by atoms with Gasteiger partial charge in [-0.1, -0.05) is 66.7 Å². The molecule has 7 N–H and O–H groups in total. The van der Waals surface area contributed by atoms with E-state index in [4.69, 9.17) is 21.4 Å². The van der Waals surface area contributed by atoms with Crippen LogP contribution in [0.15, 0.2) is 78.9 Å². The van der Waals surface area contributed by atoms with Crippen molar-refractivity contribution in [2.75, 3.05) is 13.1 Å². The minimum atomic E-state index is -5.08. The molecule has 0 aliphatic carbocycles. The molecule has 3 aromatic carbocycles. The van der Waals surface area contributed by atoms with Crippen molar-refractivity contribution >= 4 is 29.6 Å². The van der Waals surface area contributed by atoms with Crippen molar-refractivity contribution in [3.63, 3.8) is 0 Å². The van der Waals surface area contributed by atoms with Gasteiger partial charge in [-0.25, -0.2) is 4.79 Å². The van der Waals surface area contributed by atoms with E-state index in [1.54, 1.807) is 34.1 Å². The average Bonchev–Trinajstić information content (AvgIpc) is 3.50. The van der Waals surface area contributed by atoms with Crippen LogP contribution in [0, 0.1) is 5.92 Å². The first-order valence-electron chi connectivity index (χ1n) is 16.7. The number of nitrogens with one attached hydrogen (secondary N) is 1. The highest BCUT2D eigenvalue weighted by Crippen LogP contribution is 2.24. The van der Waals surface area contributed by atoms with Gasteiger partial charge in [-0.15, -0.1) is 0 Å². The number of likely N-dealkylation sites (tertiary alicyclic amines) is 1. The molecule has 0 unspecified atom stereocenters. The summed E-state index contributed by atoms with van der Waals surface area (Å²) in [4.78, 5) is 65.3. The first kappa shape index (κ1) is 39.3. The van der Waals surface area contributed by atoms with Crippen molar-refractivity contribution in [2.24, 2.45) is 17.4 Å². The topological polar surface area (TPSA) is 196 Å². The van der Waals surface area contributed by atoms with Gasteiger partial charge in [0.1, 0.15) is 11.8 Å². The zero-order valence-electron chi connectivity index (χ0n) is 28.3. The summed E-state index contributed by atoms with van der Waals surface area (Å²) in [6.07, 6.45) is -2.73. The van der Waals surface area contributed by atoms with E-state index in [-0.39, 0.29) is 42.9 Å². The molecule has 5 rings (SSSR count). The molecular formula is C37H42F3N5O7. The van der Waals surface area contributed by atoms with E-state index in [2.05, 4.69) is 5.32 Å². The molecule has 2 heterocycles. The molecule has 0 aromatic heterocycles. The zero-order chi connectivity index (χ0) is 38.0. The van der Waals surface area contributed by atoms with E-state index in [9.17, 15) is 37.5 Å². The second kappa shape index (κ2) is 17.7. The van der Waals surface area contributed by atoms with Gasteiger partial charge in [0.15, 0.2) is 0 Å². The number of nitrogens with two attached hydrogens (primary N) is 2. The van der Waals surface area contributed by atoms with Crippen molar-refractivity contribution in [3.8, 4) is 5.75 Å². The van der Waals surface area contributed by atoms with Crippen LogP contribution in [0.4, 0.5) is 13.2 Å². The number of nitrogens with zero attached hydrogens (tertiary/aromatic N) is 2. The number of primary amides is 1. The fourth-order valence-electron chi connectivity index (χ4n) is 6.36. The minimum absolute atomic E-state index is 0.0231. The number of carboxylic acids is 1. The molecule has 2 aliphatic rings. The number of carbonyl (C=O) groups is 5. The third-order valence-corrected chi connectivity index (χ3v) is 9.02. The molecule has 12 nitrogen and oxygen atoms in total. The van der Waals surface area contributed by atoms with Gasteiger partial charge in [0, 0.05) is 32.1 Å². The van der Waals surface area contributed by atoms with Crippen LogP contribution in [0.25, 0.3) is 0 Å². The van der Waals surface area contributed by atoms with Crippen molar-refractivity contribution in [1.29, 1.82) is 0 Å². The van der Waals surface area contributed by atoms with Crippen LogP contribution in [-0.4, -0.2) is 87.0 Å². The van der Waals surface area contributed by atoms with Gasteiger partial charge in [0.25, 0.3) is 0 Å². The number of phenols is 1. The molecule has 0 bridgehead atoms. The summed E-state index contributed by atoms with van der Waals surface area (Å²) in [6.45, 7) is 0.984. The lowest BCUT2D eigenvalue weighted by Crippen LogP contribution is -2.54. The molecule has 1 saturated heterocycles. The summed E-state index contributed by atoms with van der Waals surface area (Å²) in [7, 11) is 0. The lowest BCUT2D eigenvalue weighted by atomic mass is 9.97. The Kier molecular flexibility index (Phi) is 13.4. The average molecular weight is 726 g/mol. The van der Waals surface area contributed by atoms with Crippen LogP contribution in [0.2, 0.25) is 0 Å². The lowest BCUT2D eigenvalue weighted by Gasteiger charge is -2.30. The number of benzene rings is 3. The number of alkyl halides is 3. The van der Waals surface area contributed by atoms with Gasteiger partial charge >= 0.3 is 12.1 Å². The number of aliphatic carboxylic acids is 1. The molecule has 2 aliphatic heterocycles. The van der Waals surface area contributed by atoms with Crippen LogP contribution < -0.4 is 16.8 Å². The van der Waals surface area contributed by atoms with Crippen LogP contribution in [0.1, 0.15) is 41.5 Å². The Morgan fingerprint density at radius 1 is 0.885 bits per heavy atom. The van der Waals surface area contributed by atoms with Crippen LogP contribution in [-0.2, 0) is 49.8 Å². The number of aromatic hydroxyl groups is 1. The number of halogens is 3. The molecule has 15 heteroatoms. The SMILES string of the molecule is NC(=O)[C@H]1Cc2ccccc2CN(C(=O)C[C@H](Cc2ccccc2)NC(=O)[C@@H]2CCCN2C(=O)[C@@H](N)Cc2ccc(O)cc2)C1.O=C(O)C(F)(F)F. The number of carboxylic acid groups (broad SMARTS) is 1. The molecule has 52 heavy (non-hydrogen) atoms. The first-order valence-corrected chi connectivity index (χ1v) is 16.7. The monoisotopic (exact) mass is 725 g/mol. The number of hydrogen-bond donors (Lipinski definition) is 5. The lowest BCUT2D eigenvalue weighted by molar-refractivity contribution is -0.192. The van der Waals surface area contributed by atoms with Crippen LogP contribution >= 0.6 is 0 Å². The van der Waals surface area contributed by atoms with Crippen LogP contribution in [0.3, 0.4) is 0 Å². The summed E-state index contributed by atoms with van der Waals surface area (Å²) in [5.74, 6) is -4.40. The number of amides is 4. The summed E-state index contributed by atoms with van der Waals surface area (Å²) < 4.78 is 31.7. The van der Waals surface area contributed by atoms with E-state index in [1.165, 1.54) is 0 Å². The number of phenolic OH excluding ortho intramolecular Hbond substituents is 1. The normalized spacial score (nSPS) is 18.2. The van der Waals surface area contributed by atoms with Crippen molar-refractivity contribution in [2.45, 2.75) is 69.4 Å². The Labute approximate surface area is 298 Å². The summed E-state index contributed by atoms with van der Waals surface area (Å²) >= 11 is 0. The largest absolute Gasteiger partial charge is 0.508 e. The Morgan fingerprint density at radius 3 is 2.10 bits per heavy atom. The molecule has 1 fully saturated rings. The maximum Gasteiger partial charge on any atom is 0.490 e. The molecule has 4 atom stereocenters. The van der Waals surface area contributed by atoms with Gasteiger partial charge in [0.05, 0.1) is 12.0 Å². The molecule has 0 saturated carbocycles. The molecule has 3 aromatic rings. The maximum atomic E-state index is 13.8. The van der Waals surface area contributed by atoms with Crippen LogP contribution in [0.5, 0.6) is 5.75 Å². The van der Waals surface area contributed by atoms with Gasteiger partial charge in [-0.3, -0.25) is 19.2 Å². The highest BCUT2D eigenvalue weighted by Gasteiger charge is 2.39. The second-order valence-electron chi connectivity index (χ2n) is 12.9. The third kappa shape index (κ3) is 11.0. The predicted molar refractivity (Wildman–Crippen MR) is 183 cm³/mol. The standard InChI is InChI=1S/C35H41N5O5.C2HF3O2/c36-30(18-24-12-14-29(41)15-13-24)35(45)40-16-6-11-31(40)34(44)38-28(17-23-7-2-1-3-8-23)20-32(42)39-21-26-10-5-4-9-25(26)19-27(22-39)33(37)43;3-2(4,5)1(6)7/h1-5,7-10,12-15,27-28,30-31,41H,6,11,16-22,36H2,(H2,37,43)(H,38,44);(H,6,7)/t27-,28-,30-,31-;/m0./s1. The smallest absolute Gasteiger partial charge is 0.490 e. The quantitative estimate of drug-likeness (QED) is 0.210. The van der Waals surface area contributed by atoms with E-state index in [0.717, 1.165) is 22.3 Å². The first-order chi connectivity index (χ1) is 24.6. The molecule has 278 valence electrons. The van der Waals surface area contributed by atoms with E-state index in [0.29, 0.717) is 38.8 Å². The van der Waals surface area contributed by atoms with E-state index < -0.39 is 42.1 Å². The minimum Gasteiger partial charge on any atom is -0.508 e. The van der Waals surface area contributed by atoms with Gasteiger partial charge in [-0.2, -0.15) is 13.2 Å². The van der Waals surface area contributed by atoms with Gasteiger partial charge in [0.2, 0.25) is 23.6 Å². The van der Waals surface area contributed by atoms with Gasteiger partial charge in [-0.05, 0) is 66.5 Å². The van der Waals surface area contributed by atoms with Crippen molar-refractivity contribution < 1.29 is 47.4 Å². The van der Waals surface area contributed by atoms with E-state index in [1.807, 2.05) is 54.6 Å². The Morgan fingerprint density at radius 2 is 1.48 bits per heavy atom. The summed E-state index contributed by atoms with van der Waals surface area (Å²) in [5, 5.41) is 19.8. The molecule has 0 radical (unpaired) electrons. The summed E-state index contributed by atoms with van der Waals surface area (Å²) in [5.41, 5.74) is 15.8. The van der Waals surface area contributed by atoms with Crippen molar-refractivity contribution in [3.05, 3.63) is 101 Å². The zero-order valence-corrected chi connectivity index (χ0v) is 28.3. The summed E-state index contributed by atoms with van der Waals surface area (Å²) in [6, 6.07) is 21.8. The number of rotatable bonds is 10. The Bertz CT molecular complexity index is 1720. The highest BCUT2D eigenvalue weighted by atomic mass is 19.4. The fourth-order valence-corrected chi connectivity index (χ4v) is 6.36. The van der Waals surface area contributed by atoms with E-state index >= 15 is 0 Å². The molecule has 4 amide bonds. The number of hydrogen-bond acceptors (Lipinski definition) is 7. The predicted octanol–water partition coefficient (Wildman–Crippen LogP) is 2.69. The fraction of sp³-hybridized carbons (Fsp3) is 0.378. The van der Waals surface area contributed by atoms with Crippen molar-refractivity contribution in [1.82, 2.24) is 15.1 Å². The van der Waals surface area contributed by atoms with Gasteiger partial charge < -0.3 is 36.8 Å². The third-order valence-electron chi connectivity index (χ3n) is 9.02. The second-order valence-corrected chi connectivity index (χ2v) is 12.9. The maximum absolute atomic E-state index is 13.8. The number of carbonyl (C=O) groups excluding carboxylic acids is 4. The Hall–Kier alpha value is -5.44. The molecular weight excluding hydrogens is 683 g/mol. The number of fused-ring (bicyclic) bond motifs is 1. The highest BCUT2D eigenvalue weighted by molar-refractivity contribution is 5.91. The molecule has 0 spiro atoms.